The average molecular weight is 328 g/mol. The quantitative estimate of drug-likeness (QED) is 0.515. The van der Waals surface area contributed by atoms with Crippen molar-refractivity contribution in [3.05, 3.63) is 83.1 Å². The molecule has 0 spiro atoms. The summed E-state index contributed by atoms with van der Waals surface area (Å²) in [5.74, 6) is -0.230. The third kappa shape index (κ3) is 2.76. The van der Waals surface area contributed by atoms with Gasteiger partial charge >= 0.3 is 0 Å². The van der Waals surface area contributed by atoms with Crippen LogP contribution in [0.15, 0.2) is 76.8 Å². The lowest BCUT2D eigenvalue weighted by atomic mass is 10.2. The molecule has 1 aromatic heterocycles. The number of aliphatic hydroxyl groups is 1. The molecule has 0 atom stereocenters. The van der Waals surface area contributed by atoms with Gasteiger partial charge in [-0.2, -0.15) is 0 Å². The summed E-state index contributed by atoms with van der Waals surface area (Å²) >= 11 is 0. The van der Waals surface area contributed by atoms with E-state index in [-0.39, 0.29) is 15.6 Å². The number of hydrogen-bond acceptors (Lipinski definition) is 4. The maximum atomic E-state index is 12.4. The molecule has 0 unspecified atom stereocenters. The van der Waals surface area contributed by atoms with Gasteiger partial charge in [-0.05, 0) is 23.8 Å². The van der Waals surface area contributed by atoms with E-state index in [1.54, 1.807) is 48.6 Å². The molecule has 0 radical (unpaired) electrons. The number of allylic oxidation sites excluding steroid dienone is 3. The van der Waals surface area contributed by atoms with Crippen LogP contribution in [0.3, 0.4) is 0 Å². The van der Waals surface area contributed by atoms with Gasteiger partial charge in [0.05, 0.1) is 4.90 Å². The van der Waals surface area contributed by atoms with Crippen molar-refractivity contribution in [1.29, 1.82) is 0 Å². The van der Waals surface area contributed by atoms with E-state index in [1.807, 2.05) is 0 Å². The van der Waals surface area contributed by atoms with Gasteiger partial charge in [0.15, 0.2) is 0 Å². The van der Waals surface area contributed by atoms with Crippen molar-refractivity contribution < 1.29 is 23.5 Å². The molecule has 23 heavy (non-hydrogen) atoms. The van der Waals surface area contributed by atoms with Crippen LogP contribution in [0.5, 0.6) is 0 Å². The lowest BCUT2D eigenvalue weighted by Gasteiger charge is -1.97. The fraction of sp³-hybridized carbons (Fsp3) is 0. The standard InChI is InChI=1S/C17H13NO4S/c19-17-14-6-2-4-7-15(14)23(21,22)16(17)8-3-1-5-13-9-11-18(20)12-10-13/h1-12,20H/p+1. The molecule has 1 aliphatic heterocycles. The SMILES string of the molecule is O=S1(=O)C(/C=C/C=C/c2cc[n+](O)cc2)=C(O)c2ccccc21. The summed E-state index contributed by atoms with van der Waals surface area (Å²) in [6.45, 7) is 0. The summed E-state index contributed by atoms with van der Waals surface area (Å²) in [5.41, 5.74) is 1.17. The van der Waals surface area contributed by atoms with E-state index in [0.717, 1.165) is 10.3 Å². The Balaban J connectivity index is 1.86. The molecule has 5 nitrogen and oxygen atoms in total. The minimum atomic E-state index is -3.67. The number of sulfone groups is 1. The molecule has 2 heterocycles. The average Bonchev–Trinajstić information content (AvgIpc) is 2.74. The summed E-state index contributed by atoms with van der Waals surface area (Å²) in [5, 5.41) is 19.2. The monoisotopic (exact) mass is 328 g/mol. The number of benzene rings is 1. The highest BCUT2D eigenvalue weighted by Crippen LogP contribution is 2.37. The maximum Gasteiger partial charge on any atom is 0.222 e. The molecular weight excluding hydrogens is 314 g/mol. The fourth-order valence-electron chi connectivity index (χ4n) is 2.29. The number of hydrogen-bond donors (Lipinski definition) is 2. The Hall–Kier alpha value is -2.86. The zero-order valence-electron chi connectivity index (χ0n) is 12.0. The van der Waals surface area contributed by atoms with Gasteiger partial charge in [-0.3, -0.25) is 5.21 Å². The van der Waals surface area contributed by atoms with Crippen molar-refractivity contribution in [2.24, 2.45) is 0 Å². The van der Waals surface area contributed by atoms with Crippen molar-refractivity contribution in [2.75, 3.05) is 0 Å². The van der Waals surface area contributed by atoms with E-state index in [2.05, 4.69) is 0 Å². The number of nitrogens with zero attached hydrogens (tertiary/aromatic N) is 1. The van der Waals surface area contributed by atoms with E-state index in [9.17, 15) is 13.5 Å². The zero-order chi connectivity index (χ0) is 16.4. The molecular formula is C17H14NO4S+. The molecule has 0 saturated heterocycles. The fourth-order valence-corrected chi connectivity index (χ4v) is 3.87. The van der Waals surface area contributed by atoms with Crippen molar-refractivity contribution in [1.82, 2.24) is 0 Å². The summed E-state index contributed by atoms with van der Waals surface area (Å²) in [7, 11) is -3.67. The van der Waals surface area contributed by atoms with Crippen molar-refractivity contribution in [3.8, 4) is 0 Å². The van der Waals surface area contributed by atoms with Crippen LogP contribution in [0.1, 0.15) is 11.1 Å². The van der Waals surface area contributed by atoms with Crippen LogP contribution in [-0.2, 0) is 9.84 Å². The molecule has 1 aliphatic rings. The van der Waals surface area contributed by atoms with Crippen LogP contribution < -0.4 is 4.73 Å². The van der Waals surface area contributed by atoms with Crippen LogP contribution in [0, 0.1) is 0 Å². The zero-order valence-corrected chi connectivity index (χ0v) is 12.8. The Morgan fingerprint density at radius 2 is 1.61 bits per heavy atom. The number of aromatic nitrogens is 1. The highest BCUT2D eigenvalue weighted by molar-refractivity contribution is 7.96. The molecule has 0 bridgehead atoms. The van der Waals surface area contributed by atoms with Crippen LogP contribution in [0.2, 0.25) is 0 Å². The first-order valence-electron chi connectivity index (χ1n) is 6.83. The second-order valence-corrected chi connectivity index (χ2v) is 6.83. The normalized spacial score (nSPS) is 16.3. The molecule has 0 saturated carbocycles. The van der Waals surface area contributed by atoms with Gasteiger partial charge in [0, 0.05) is 22.4 Å². The van der Waals surface area contributed by atoms with E-state index < -0.39 is 9.84 Å². The molecule has 3 rings (SSSR count). The first kappa shape index (κ1) is 15.1. The smallest absolute Gasteiger partial charge is 0.222 e. The first-order chi connectivity index (χ1) is 11.0. The Labute approximate surface area is 133 Å². The minimum Gasteiger partial charge on any atom is -0.506 e. The van der Waals surface area contributed by atoms with Gasteiger partial charge in [-0.25, -0.2) is 8.42 Å². The van der Waals surface area contributed by atoms with Crippen LogP contribution in [0.25, 0.3) is 11.8 Å². The molecule has 0 aliphatic carbocycles. The maximum absolute atomic E-state index is 12.4. The predicted octanol–water partition coefficient (Wildman–Crippen LogP) is 2.49. The van der Waals surface area contributed by atoms with E-state index in [1.165, 1.54) is 24.5 Å². The predicted molar refractivity (Wildman–Crippen MR) is 85.2 cm³/mol. The summed E-state index contributed by atoms with van der Waals surface area (Å²) in [6, 6.07) is 9.75. The molecule has 6 heteroatoms. The summed E-state index contributed by atoms with van der Waals surface area (Å²) in [4.78, 5) is 0.0151. The van der Waals surface area contributed by atoms with Crippen molar-refractivity contribution >= 4 is 21.7 Å². The van der Waals surface area contributed by atoms with Gasteiger partial charge in [-0.15, -0.1) is 0 Å². The Kier molecular flexibility index (Phi) is 3.75. The second kappa shape index (κ2) is 5.73. The number of rotatable bonds is 3. The highest BCUT2D eigenvalue weighted by atomic mass is 32.2. The number of fused-ring (bicyclic) bond motifs is 1. The Morgan fingerprint density at radius 3 is 2.30 bits per heavy atom. The van der Waals surface area contributed by atoms with E-state index >= 15 is 0 Å². The third-order valence-electron chi connectivity index (χ3n) is 3.44. The van der Waals surface area contributed by atoms with Crippen LogP contribution in [-0.4, -0.2) is 18.7 Å². The molecule has 0 fully saturated rings. The van der Waals surface area contributed by atoms with Gasteiger partial charge in [0.25, 0.3) is 0 Å². The summed E-state index contributed by atoms with van der Waals surface area (Å²) < 4.78 is 25.7. The molecule has 2 aromatic rings. The van der Waals surface area contributed by atoms with Crippen molar-refractivity contribution in [3.63, 3.8) is 0 Å². The number of pyridine rings is 1. The Bertz CT molecular complexity index is 939. The third-order valence-corrected chi connectivity index (χ3v) is 5.28. The largest absolute Gasteiger partial charge is 0.506 e. The minimum absolute atomic E-state index is 0.107. The van der Waals surface area contributed by atoms with Gasteiger partial charge in [0.2, 0.25) is 22.2 Å². The second-order valence-electron chi connectivity index (χ2n) is 4.94. The topological polar surface area (TPSA) is 78.5 Å². The van der Waals surface area contributed by atoms with Crippen LogP contribution >= 0.6 is 0 Å². The molecule has 2 N–H and O–H groups in total. The van der Waals surface area contributed by atoms with E-state index in [0.29, 0.717) is 5.56 Å². The van der Waals surface area contributed by atoms with Gasteiger partial charge in [-0.1, -0.05) is 30.4 Å². The van der Waals surface area contributed by atoms with Crippen LogP contribution in [0.4, 0.5) is 0 Å². The summed E-state index contributed by atoms with van der Waals surface area (Å²) in [6.07, 6.45) is 9.30. The highest BCUT2D eigenvalue weighted by Gasteiger charge is 2.33. The first-order valence-corrected chi connectivity index (χ1v) is 8.31. The molecule has 116 valence electrons. The van der Waals surface area contributed by atoms with Gasteiger partial charge in [0.1, 0.15) is 10.7 Å². The van der Waals surface area contributed by atoms with E-state index in [4.69, 9.17) is 5.21 Å². The lowest BCUT2D eigenvalue weighted by molar-refractivity contribution is -0.904. The molecule has 0 amide bonds. The number of aliphatic hydroxyl groups excluding tert-OH is 1. The van der Waals surface area contributed by atoms with Crippen molar-refractivity contribution in [2.45, 2.75) is 4.90 Å². The lowest BCUT2D eigenvalue weighted by Crippen LogP contribution is -2.27. The molecule has 1 aromatic carbocycles. The van der Waals surface area contributed by atoms with Gasteiger partial charge < -0.3 is 5.11 Å². The Morgan fingerprint density at radius 1 is 0.957 bits per heavy atom.